The summed E-state index contributed by atoms with van der Waals surface area (Å²) in [6.07, 6.45) is 2.08. The second kappa shape index (κ2) is 7.24. The zero-order chi connectivity index (χ0) is 19.0. The summed E-state index contributed by atoms with van der Waals surface area (Å²) in [7, 11) is 0. The lowest BCUT2D eigenvalue weighted by Crippen LogP contribution is -2.39. The molecule has 138 valence electrons. The Kier molecular flexibility index (Phi) is 4.79. The van der Waals surface area contributed by atoms with E-state index in [4.69, 9.17) is 0 Å². The van der Waals surface area contributed by atoms with E-state index < -0.39 is 0 Å². The third kappa shape index (κ3) is 3.39. The van der Waals surface area contributed by atoms with Crippen molar-refractivity contribution in [1.82, 2.24) is 9.47 Å². The highest BCUT2D eigenvalue weighted by molar-refractivity contribution is 9.10. The predicted octanol–water partition coefficient (Wildman–Crippen LogP) is 5.98. The molecule has 4 nitrogen and oxygen atoms in total. The maximum atomic E-state index is 13.3. The summed E-state index contributed by atoms with van der Waals surface area (Å²) < 4.78 is 3.16. The van der Waals surface area contributed by atoms with E-state index in [1.807, 2.05) is 41.3 Å². The van der Waals surface area contributed by atoms with Gasteiger partial charge in [0.05, 0.1) is 18.3 Å². The fourth-order valence-electron chi connectivity index (χ4n) is 3.84. The summed E-state index contributed by atoms with van der Waals surface area (Å²) in [6.45, 7) is 4.90. The normalized spacial score (nSPS) is 15.9. The van der Waals surface area contributed by atoms with Gasteiger partial charge in [-0.2, -0.15) is 0 Å². The lowest BCUT2D eigenvalue weighted by molar-refractivity contribution is 0.162. The van der Waals surface area contributed by atoms with Crippen LogP contribution in [0.15, 0.2) is 71.3 Å². The number of anilines is 1. The highest BCUT2D eigenvalue weighted by atomic mass is 79.9. The molecule has 0 unspecified atom stereocenters. The molecule has 2 amide bonds. The molecule has 2 heterocycles. The number of hydrogen-bond acceptors (Lipinski definition) is 1. The maximum Gasteiger partial charge on any atom is 0.322 e. The molecule has 1 atom stereocenters. The summed E-state index contributed by atoms with van der Waals surface area (Å²) in [5.41, 5.74) is 4.20. The fraction of sp³-hybridized carbons (Fsp3) is 0.227. The summed E-state index contributed by atoms with van der Waals surface area (Å²) in [6, 6.07) is 20.0. The van der Waals surface area contributed by atoms with Gasteiger partial charge in [-0.3, -0.25) is 0 Å². The zero-order valence-corrected chi connectivity index (χ0v) is 17.0. The number of carbonyl (C=O) groups excluding carboxylic acids is 1. The number of aromatic nitrogens is 1. The first-order valence-electron chi connectivity index (χ1n) is 9.13. The standard InChI is InChI=1S/C22H22BrN3O/c1-15(2)21-20-11-6-12-25(20)19-10-4-3-7-16(19)14-26(21)22(27)24-18-9-5-8-17(23)13-18/h3-13,15,21H,14H2,1-2H3,(H,24,27)/t21-/m0/s1. The van der Waals surface area contributed by atoms with Gasteiger partial charge in [-0.05, 0) is 47.9 Å². The minimum Gasteiger partial charge on any atom is -0.318 e. The lowest BCUT2D eigenvalue weighted by atomic mass is 9.99. The van der Waals surface area contributed by atoms with E-state index in [2.05, 4.69) is 70.1 Å². The van der Waals surface area contributed by atoms with E-state index in [1.54, 1.807) is 0 Å². The van der Waals surface area contributed by atoms with E-state index in [-0.39, 0.29) is 18.0 Å². The van der Waals surface area contributed by atoms with E-state index >= 15 is 0 Å². The number of carbonyl (C=O) groups is 1. The molecule has 0 radical (unpaired) electrons. The molecule has 4 rings (SSSR count). The van der Waals surface area contributed by atoms with Crippen LogP contribution in [0.5, 0.6) is 0 Å². The van der Waals surface area contributed by atoms with Crippen molar-refractivity contribution in [2.75, 3.05) is 5.32 Å². The van der Waals surface area contributed by atoms with Crippen molar-refractivity contribution in [3.8, 4) is 5.69 Å². The Morgan fingerprint density at radius 2 is 1.93 bits per heavy atom. The third-order valence-electron chi connectivity index (χ3n) is 4.98. The van der Waals surface area contributed by atoms with E-state index in [9.17, 15) is 4.79 Å². The number of fused-ring (bicyclic) bond motifs is 3. The molecule has 1 aliphatic rings. The van der Waals surface area contributed by atoms with Crippen molar-refractivity contribution in [3.05, 3.63) is 82.6 Å². The van der Waals surface area contributed by atoms with Crippen LogP contribution in [0.3, 0.4) is 0 Å². The number of para-hydroxylation sites is 1. The first-order chi connectivity index (χ1) is 13.0. The Balaban J connectivity index is 1.76. The molecular formula is C22H22BrN3O. The van der Waals surface area contributed by atoms with Gasteiger partial charge in [-0.15, -0.1) is 0 Å². The van der Waals surface area contributed by atoms with E-state index in [0.717, 1.165) is 27.1 Å². The van der Waals surface area contributed by atoms with Crippen LogP contribution in [0.25, 0.3) is 5.69 Å². The zero-order valence-electron chi connectivity index (χ0n) is 15.4. The second-order valence-electron chi connectivity index (χ2n) is 7.19. The summed E-state index contributed by atoms with van der Waals surface area (Å²) in [4.78, 5) is 15.2. The Morgan fingerprint density at radius 1 is 1.11 bits per heavy atom. The molecule has 0 saturated carbocycles. The van der Waals surface area contributed by atoms with Crippen LogP contribution in [0.2, 0.25) is 0 Å². The molecule has 3 aromatic rings. The maximum absolute atomic E-state index is 13.3. The van der Waals surface area contributed by atoms with Gasteiger partial charge in [0.1, 0.15) is 0 Å². The minimum absolute atomic E-state index is 0.0143. The minimum atomic E-state index is -0.0868. The van der Waals surface area contributed by atoms with Gasteiger partial charge < -0.3 is 14.8 Å². The Morgan fingerprint density at radius 3 is 2.70 bits per heavy atom. The number of hydrogen-bond donors (Lipinski definition) is 1. The van der Waals surface area contributed by atoms with Gasteiger partial charge in [0.15, 0.2) is 0 Å². The van der Waals surface area contributed by atoms with Crippen molar-refractivity contribution in [2.24, 2.45) is 5.92 Å². The average Bonchev–Trinajstić information content (AvgIpc) is 3.05. The number of amides is 2. The summed E-state index contributed by atoms with van der Waals surface area (Å²) >= 11 is 3.46. The quantitative estimate of drug-likeness (QED) is 0.540. The molecule has 2 aromatic carbocycles. The number of urea groups is 1. The fourth-order valence-corrected chi connectivity index (χ4v) is 4.24. The third-order valence-corrected chi connectivity index (χ3v) is 5.47. The van der Waals surface area contributed by atoms with Crippen LogP contribution >= 0.6 is 15.9 Å². The smallest absolute Gasteiger partial charge is 0.318 e. The molecule has 0 spiro atoms. The highest BCUT2D eigenvalue weighted by Gasteiger charge is 2.33. The van der Waals surface area contributed by atoms with E-state index in [0.29, 0.717) is 6.54 Å². The average molecular weight is 424 g/mol. The van der Waals surface area contributed by atoms with Gasteiger partial charge in [0.2, 0.25) is 0 Å². The predicted molar refractivity (Wildman–Crippen MR) is 112 cm³/mol. The van der Waals surface area contributed by atoms with Gasteiger partial charge in [-0.25, -0.2) is 4.79 Å². The molecular weight excluding hydrogens is 402 g/mol. The molecule has 1 N–H and O–H groups in total. The monoisotopic (exact) mass is 423 g/mol. The molecule has 0 bridgehead atoms. The molecule has 1 aromatic heterocycles. The first kappa shape index (κ1) is 17.9. The Hall–Kier alpha value is -2.53. The van der Waals surface area contributed by atoms with Crippen LogP contribution in [0, 0.1) is 5.92 Å². The lowest BCUT2D eigenvalue weighted by Gasteiger charge is -2.33. The van der Waals surface area contributed by atoms with Crippen LogP contribution in [-0.2, 0) is 6.54 Å². The van der Waals surface area contributed by atoms with Crippen LogP contribution in [0.4, 0.5) is 10.5 Å². The van der Waals surface area contributed by atoms with Crippen molar-refractivity contribution in [3.63, 3.8) is 0 Å². The van der Waals surface area contributed by atoms with Gasteiger partial charge >= 0.3 is 6.03 Å². The van der Waals surface area contributed by atoms with Crippen LogP contribution < -0.4 is 5.32 Å². The number of benzene rings is 2. The molecule has 0 saturated heterocycles. The topological polar surface area (TPSA) is 37.3 Å². The Labute approximate surface area is 167 Å². The SMILES string of the molecule is CC(C)[C@H]1c2cccn2-c2ccccc2CN1C(=O)Nc1cccc(Br)c1. The summed E-state index contributed by atoms with van der Waals surface area (Å²) in [5.74, 6) is 0.279. The van der Waals surface area contributed by atoms with Crippen LogP contribution in [-0.4, -0.2) is 15.5 Å². The number of rotatable bonds is 2. The van der Waals surface area contributed by atoms with E-state index in [1.165, 1.54) is 0 Å². The van der Waals surface area contributed by atoms with Crippen molar-refractivity contribution < 1.29 is 4.79 Å². The molecule has 1 aliphatic heterocycles. The molecule has 0 fully saturated rings. The number of halogens is 1. The molecule has 0 aliphatic carbocycles. The first-order valence-corrected chi connectivity index (χ1v) is 9.92. The van der Waals surface area contributed by atoms with Gasteiger partial charge in [0.25, 0.3) is 0 Å². The molecule has 5 heteroatoms. The number of nitrogens with one attached hydrogen (secondary N) is 1. The largest absolute Gasteiger partial charge is 0.322 e. The molecule has 27 heavy (non-hydrogen) atoms. The van der Waals surface area contributed by atoms with Gasteiger partial charge in [0, 0.05) is 22.1 Å². The van der Waals surface area contributed by atoms with Crippen molar-refractivity contribution in [1.29, 1.82) is 0 Å². The number of nitrogens with zero attached hydrogens (tertiary/aromatic N) is 2. The van der Waals surface area contributed by atoms with Gasteiger partial charge in [-0.1, -0.05) is 54.0 Å². The Bertz CT molecular complexity index is 979. The highest BCUT2D eigenvalue weighted by Crippen LogP contribution is 2.36. The summed E-state index contributed by atoms with van der Waals surface area (Å²) in [5, 5.41) is 3.07. The van der Waals surface area contributed by atoms with Crippen molar-refractivity contribution >= 4 is 27.6 Å². The van der Waals surface area contributed by atoms with Crippen molar-refractivity contribution in [2.45, 2.75) is 26.4 Å². The second-order valence-corrected chi connectivity index (χ2v) is 8.10. The van der Waals surface area contributed by atoms with Crippen LogP contribution in [0.1, 0.15) is 31.1 Å².